The van der Waals surface area contributed by atoms with Gasteiger partial charge in [0.25, 0.3) is 0 Å². The van der Waals surface area contributed by atoms with Crippen LogP contribution in [0, 0.1) is 0 Å². The maximum absolute atomic E-state index is 11.5. The largest absolute Gasteiger partial charge is 0.454 e. The van der Waals surface area contributed by atoms with Gasteiger partial charge < -0.3 is 9.47 Å². The number of nitrogens with zero attached hydrogens (tertiary/aromatic N) is 1. The minimum atomic E-state index is 0.0268. The lowest BCUT2D eigenvalue weighted by Crippen LogP contribution is -2.37. The minimum absolute atomic E-state index is 0.0268. The zero-order valence-corrected chi connectivity index (χ0v) is 10.6. The Kier molecular flexibility index (Phi) is 2.22. The van der Waals surface area contributed by atoms with E-state index in [2.05, 4.69) is 11.1 Å². The zero-order chi connectivity index (χ0) is 12.9. The molecule has 98 valence electrons. The average molecular weight is 257 g/mol. The summed E-state index contributed by atoms with van der Waals surface area (Å²) < 4.78 is 10.9. The summed E-state index contributed by atoms with van der Waals surface area (Å²) in [7, 11) is 0. The van der Waals surface area contributed by atoms with Crippen LogP contribution in [0.3, 0.4) is 0 Å². The number of benzene rings is 1. The van der Waals surface area contributed by atoms with Gasteiger partial charge in [-0.25, -0.2) is 0 Å². The van der Waals surface area contributed by atoms with Crippen molar-refractivity contribution in [1.29, 1.82) is 0 Å². The van der Waals surface area contributed by atoms with Crippen LogP contribution in [0.25, 0.3) is 0 Å². The molecule has 1 spiro atoms. The zero-order valence-electron chi connectivity index (χ0n) is 10.6. The van der Waals surface area contributed by atoms with Crippen LogP contribution in [-0.4, -0.2) is 25.3 Å². The monoisotopic (exact) mass is 257 g/mol. The third-order valence-electron chi connectivity index (χ3n) is 4.51. The Hall–Kier alpha value is -1.84. The molecule has 0 radical (unpaired) electrons. The fourth-order valence-corrected chi connectivity index (χ4v) is 3.36. The molecule has 1 saturated carbocycles. The Morgan fingerprint density at radius 2 is 1.84 bits per heavy atom. The first-order valence-corrected chi connectivity index (χ1v) is 6.73. The van der Waals surface area contributed by atoms with E-state index in [0.717, 1.165) is 36.4 Å². The van der Waals surface area contributed by atoms with Crippen molar-refractivity contribution in [2.45, 2.75) is 31.1 Å². The van der Waals surface area contributed by atoms with Crippen molar-refractivity contribution in [3.63, 3.8) is 0 Å². The van der Waals surface area contributed by atoms with E-state index in [-0.39, 0.29) is 5.41 Å². The van der Waals surface area contributed by atoms with E-state index >= 15 is 0 Å². The van der Waals surface area contributed by atoms with Crippen LogP contribution in [0.5, 0.6) is 11.5 Å². The van der Waals surface area contributed by atoms with E-state index in [1.807, 2.05) is 12.3 Å². The predicted molar refractivity (Wildman–Crippen MR) is 70.2 cm³/mol. The topological polar surface area (TPSA) is 47.9 Å². The van der Waals surface area contributed by atoms with Gasteiger partial charge >= 0.3 is 0 Å². The summed E-state index contributed by atoms with van der Waals surface area (Å²) in [5.74, 6) is 2.00. The van der Waals surface area contributed by atoms with Gasteiger partial charge in [-0.2, -0.15) is 0 Å². The van der Waals surface area contributed by atoms with Gasteiger partial charge in [0.05, 0.1) is 0 Å². The average Bonchev–Trinajstić information content (AvgIpc) is 2.88. The molecule has 0 N–H and O–H groups in total. The van der Waals surface area contributed by atoms with Crippen LogP contribution in [0.2, 0.25) is 0 Å². The van der Waals surface area contributed by atoms with Gasteiger partial charge in [-0.1, -0.05) is 0 Å². The lowest BCUT2D eigenvalue weighted by Gasteiger charge is -2.39. The second kappa shape index (κ2) is 3.83. The van der Waals surface area contributed by atoms with E-state index in [0.29, 0.717) is 25.4 Å². The van der Waals surface area contributed by atoms with Gasteiger partial charge in [0, 0.05) is 36.6 Å². The fraction of sp³-hybridized carbons (Fsp3) is 0.467. The summed E-state index contributed by atoms with van der Waals surface area (Å²) in [4.78, 5) is 16.0. The highest BCUT2D eigenvalue weighted by molar-refractivity contribution is 5.86. The van der Waals surface area contributed by atoms with Crippen molar-refractivity contribution in [3.8, 4) is 11.5 Å². The van der Waals surface area contributed by atoms with Gasteiger partial charge in [0.15, 0.2) is 11.5 Å². The molecule has 0 saturated heterocycles. The lowest BCUT2D eigenvalue weighted by molar-refractivity contribution is -0.121. The molecule has 4 rings (SSSR count). The molecule has 19 heavy (non-hydrogen) atoms. The number of fused-ring (bicyclic) bond motifs is 3. The Balaban J connectivity index is 1.82. The van der Waals surface area contributed by atoms with Crippen molar-refractivity contribution in [2.24, 2.45) is 4.99 Å². The molecule has 0 amide bonds. The van der Waals surface area contributed by atoms with Crippen LogP contribution >= 0.6 is 0 Å². The third-order valence-corrected chi connectivity index (χ3v) is 4.51. The molecule has 2 aliphatic heterocycles. The van der Waals surface area contributed by atoms with E-state index in [4.69, 9.17) is 9.47 Å². The number of carbonyl (C=O) groups is 1. The van der Waals surface area contributed by atoms with Crippen molar-refractivity contribution in [2.75, 3.05) is 13.3 Å². The Bertz CT molecular complexity index is 581. The molecule has 1 aliphatic carbocycles. The molecular formula is C15H15NO3. The van der Waals surface area contributed by atoms with E-state index in [1.54, 1.807) is 0 Å². The summed E-state index contributed by atoms with van der Waals surface area (Å²) in [6.07, 6.45) is 5.05. The summed E-state index contributed by atoms with van der Waals surface area (Å²) in [5.41, 5.74) is 2.42. The second-order valence-corrected chi connectivity index (χ2v) is 5.58. The molecule has 0 atom stereocenters. The highest BCUT2D eigenvalue weighted by atomic mass is 16.7. The second-order valence-electron chi connectivity index (χ2n) is 5.58. The van der Waals surface area contributed by atoms with Crippen LogP contribution in [0.1, 0.15) is 36.8 Å². The fourth-order valence-electron chi connectivity index (χ4n) is 3.36. The predicted octanol–water partition coefficient (Wildman–Crippen LogP) is 2.23. The first-order chi connectivity index (χ1) is 9.27. The normalized spacial score (nSPS) is 22.6. The molecule has 4 nitrogen and oxygen atoms in total. The molecule has 1 aromatic rings. The molecule has 4 heteroatoms. The minimum Gasteiger partial charge on any atom is -0.454 e. The maximum atomic E-state index is 11.5. The molecule has 0 aromatic heterocycles. The van der Waals surface area contributed by atoms with Gasteiger partial charge in [-0.15, -0.1) is 0 Å². The van der Waals surface area contributed by atoms with Gasteiger partial charge in [0.2, 0.25) is 6.79 Å². The maximum Gasteiger partial charge on any atom is 0.231 e. The first kappa shape index (κ1) is 11.0. The van der Waals surface area contributed by atoms with Crippen LogP contribution in [0.15, 0.2) is 17.1 Å². The smallest absolute Gasteiger partial charge is 0.231 e. The number of hydrogen-bond acceptors (Lipinski definition) is 4. The van der Waals surface area contributed by atoms with Crippen molar-refractivity contribution < 1.29 is 14.3 Å². The van der Waals surface area contributed by atoms with E-state index < -0.39 is 0 Å². The highest BCUT2D eigenvalue weighted by Gasteiger charge is 2.40. The van der Waals surface area contributed by atoms with Gasteiger partial charge in [-0.3, -0.25) is 9.79 Å². The number of aliphatic imine (C=N–C) groups is 1. The quantitative estimate of drug-likeness (QED) is 0.716. The molecular weight excluding hydrogens is 242 g/mol. The Morgan fingerprint density at radius 3 is 2.63 bits per heavy atom. The highest BCUT2D eigenvalue weighted by Crippen LogP contribution is 2.45. The van der Waals surface area contributed by atoms with Crippen LogP contribution in [0.4, 0.5) is 0 Å². The van der Waals surface area contributed by atoms with Crippen molar-refractivity contribution >= 4 is 12.0 Å². The number of Topliss-reactive ketones (excluding diaryl/α,β-unsaturated/α-hetero) is 1. The van der Waals surface area contributed by atoms with Crippen LogP contribution in [-0.2, 0) is 10.2 Å². The number of ether oxygens (including phenoxy) is 2. The number of rotatable bonds is 0. The number of ketones is 1. The molecule has 1 fully saturated rings. The number of carbonyl (C=O) groups excluding carboxylic acids is 1. The number of hydrogen-bond donors (Lipinski definition) is 0. The third kappa shape index (κ3) is 1.59. The summed E-state index contributed by atoms with van der Waals surface area (Å²) >= 11 is 0. The SMILES string of the molecule is O=C1CCC2(CC1)CN=Cc1cc3c(cc12)OCO3. The van der Waals surface area contributed by atoms with Crippen molar-refractivity contribution in [3.05, 3.63) is 23.3 Å². The first-order valence-electron chi connectivity index (χ1n) is 6.73. The standard InChI is InChI=1S/C15H15NO3/c17-11-1-3-15(4-2-11)8-16-7-10-5-13-14(6-12(10)15)19-9-18-13/h5-7H,1-4,8-9H2. The summed E-state index contributed by atoms with van der Waals surface area (Å²) in [6.45, 7) is 1.08. The van der Waals surface area contributed by atoms with Gasteiger partial charge in [0.1, 0.15) is 5.78 Å². The lowest BCUT2D eigenvalue weighted by atomic mass is 9.67. The summed E-state index contributed by atoms with van der Waals surface area (Å²) in [6, 6.07) is 4.11. The Morgan fingerprint density at radius 1 is 1.11 bits per heavy atom. The summed E-state index contributed by atoms with van der Waals surface area (Å²) in [5, 5.41) is 0. The molecule has 0 bridgehead atoms. The van der Waals surface area contributed by atoms with E-state index in [9.17, 15) is 4.79 Å². The molecule has 2 heterocycles. The molecule has 1 aromatic carbocycles. The molecule has 0 unspecified atom stereocenters. The van der Waals surface area contributed by atoms with E-state index in [1.165, 1.54) is 5.56 Å². The molecule has 3 aliphatic rings. The Labute approximate surface area is 111 Å². The van der Waals surface area contributed by atoms with Crippen LogP contribution < -0.4 is 9.47 Å². The van der Waals surface area contributed by atoms with Gasteiger partial charge in [-0.05, 0) is 30.5 Å². The van der Waals surface area contributed by atoms with Crippen molar-refractivity contribution in [1.82, 2.24) is 0 Å².